The Morgan fingerprint density at radius 2 is 2.21 bits per heavy atom. The molecule has 2 aromatic rings. The summed E-state index contributed by atoms with van der Waals surface area (Å²) in [7, 11) is 0. The van der Waals surface area contributed by atoms with Crippen LogP contribution in [-0.2, 0) is 5.54 Å². The Bertz CT molecular complexity index is 576. The molecule has 1 unspecified atom stereocenters. The molecule has 0 aliphatic carbocycles. The molecule has 0 spiro atoms. The lowest BCUT2D eigenvalue weighted by Crippen LogP contribution is -2.24. The molecule has 1 aliphatic rings. The first-order valence-corrected chi connectivity index (χ1v) is 6.72. The van der Waals surface area contributed by atoms with Crippen LogP contribution in [0.4, 0.5) is 5.82 Å². The van der Waals surface area contributed by atoms with Crippen molar-refractivity contribution in [3.8, 4) is 0 Å². The Hall–Kier alpha value is -1.69. The lowest BCUT2D eigenvalue weighted by Gasteiger charge is -2.19. The Kier molecular flexibility index (Phi) is 2.89. The molecule has 19 heavy (non-hydrogen) atoms. The van der Waals surface area contributed by atoms with Gasteiger partial charge in [0.2, 0.25) is 0 Å². The van der Waals surface area contributed by atoms with Crippen molar-refractivity contribution < 1.29 is 0 Å². The fraction of sp³-hybridized carbons (Fsp3) is 0.615. The molecule has 1 aliphatic heterocycles. The number of hydrogen-bond donors (Lipinski definition) is 2. The van der Waals surface area contributed by atoms with Crippen LogP contribution in [0.5, 0.6) is 0 Å². The number of nitrogens with one attached hydrogen (secondary N) is 2. The second-order valence-corrected chi connectivity index (χ2v) is 6.02. The smallest absolute Gasteiger partial charge is 0.163 e. The van der Waals surface area contributed by atoms with Gasteiger partial charge in [-0.3, -0.25) is 0 Å². The number of anilines is 1. The molecule has 102 valence electrons. The van der Waals surface area contributed by atoms with Gasteiger partial charge in [0.15, 0.2) is 5.65 Å². The third-order valence-electron chi connectivity index (χ3n) is 3.40. The zero-order valence-corrected chi connectivity index (χ0v) is 11.6. The first-order valence-electron chi connectivity index (χ1n) is 6.72. The predicted molar refractivity (Wildman–Crippen MR) is 75.2 cm³/mol. The Balaban J connectivity index is 1.99. The van der Waals surface area contributed by atoms with E-state index in [0.717, 1.165) is 36.4 Å². The highest BCUT2D eigenvalue weighted by Crippen LogP contribution is 2.24. The van der Waals surface area contributed by atoms with E-state index in [1.807, 2.05) is 10.9 Å². The molecule has 1 fully saturated rings. The van der Waals surface area contributed by atoms with Crippen LogP contribution in [0.3, 0.4) is 0 Å². The van der Waals surface area contributed by atoms with Crippen LogP contribution < -0.4 is 10.6 Å². The van der Waals surface area contributed by atoms with Crippen LogP contribution in [-0.4, -0.2) is 38.9 Å². The molecule has 6 heteroatoms. The fourth-order valence-corrected chi connectivity index (χ4v) is 2.42. The largest absolute Gasteiger partial charge is 0.365 e. The lowest BCUT2D eigenvalue weighted by molar-refractivity contribution is 0.366. The van der Waals surface area contributed by atoms with E-state index in [2.05, 4.69) is 46.5 Å². The van der Waals surface area contributed by atoms with Gasteiger partial charge in [-0.1, -0.05) is 0 Å². The minimum Gasteiger partial charge on any atom is -0.365 e. The van der Waals surface area contributed by atoms with Crippen molar-refractivity contribution in [1.29, 1.82) is 0 Å². The van der Waals surface area contributed by atoms with Gasteiger partial charge in [0.25, 0.3) is 0 Å². The fourth-order valence-electron chi connectivity index (χ4n) is 2.42. The third kappa shape index (κ3) is 2.28. The summed E-state index contributed by atoms with van der Waals surface area (Å²) in [6, 6.07) is 0.441. The van der Waals surface area contributed by atoms with E-state index in [1.54, 1.807) is 6.33 Å². The van der Waals surface area contributed by atoms with Crippen molar-refractivity contribution >= 4 is 16.9 Å². The summed E-state index contributed by atoms with van der Waals surface area (Å²) in [5.74, 6) is 0.884. The second kappa shape index (κ2) is 4.45. The molecule has 3 heterocycles. The van der Waals surface area contributed by atoms with Crippen LogP contribution in [0.15, 0.2) is 12.5 Å². The first kappa shape index (κ1) is 12.3. The van der Waals surface area contributed by atoms with Gasteiger partial charge in [-0.05, 0) is 33.7 Å². The van der Waals surface area contributed by atoms with Gasteiger partial charge >= 0.3 is 0 Å². The second-order valence-electron chi connectivity index (χ2n) is 6.02. The van der Waals surface area contributed by atoms with Crippen molar-refractivity contribution in [2.75, 3.05) is 18.4 Å². The summed E-state index contributed by atoms with van der Waals surface area (Å²) in [6.45, 7) is 8.41. The molecule has 0 bridgehead atoms. The molecular weight excluding hydrogens is 240 g/mol. The number of hydrogen-bond acceptors (Lipinski definition) is 5. The van der Waals surface area contributed by atoms with E-state index in [4.69, 9.17) is 0 Å². The Morgan fingerprint density at radius 3 is 2.89 bits per heavy atom. The molecule has 1 atom stereocenters. The van der Waals surface area contributed by atoms with Crippen molar-refractivity contribution in [1.82, 2.24) is 25.1 Å². The maximum atomic E-state index is 4.46. The standard InChI is InChI=1S/C13H20N6/c1-13(2,3)19-12-10(7-17-19)11(15-8-16-12)18-9-4-5-14-6-9/h7-9,14H,4-6H2,1-3H3,(H,15,16,18). The van der Waals surface area contributed by atoms with Gasteiger partial charge < -0.3 is 10.6 Å². The predicted octanol–water partition coefficient (Wildman–Crippen LogP) is 1.36. The zero-order valence-electron chi connectivity index (χ0n) is 11.6. The molecule has 0 amide bonds. The van der Waals surface area contributed by atoms with Crippen molar-refractivity contribution in [3.63, 3.8) is 0 Å². The average molecular weight is 260 g/mol. The molecule has 6 nitrogen and oxygen atoms in total. The maximum absolute atomic E-state index is 4.46. The van der Waals surface area contributed by atoms with E-state index in [0.29, 0.717) is 6.04 Å². The summed E-state index contributed by atoms with van der Waals surface area (Å²) in [5.41, 5.74) is 0.804. The Labute approximate surface area is 112 Å². The quantitative estimate of drug-likeness (QED) is 0.853. The van der Waals surface area contributed by atoms with Crippen LogP contribution in [0.2, 0.25) is 0 Å². The Morgan fingerprint density at radius 1 is 1.37 bits per heavy atom. The monoisotopic (exact) mass is 260 g/mol. The summed E-state index contributed by atoms with van der Waals surface area (Å²) >= 11 is 0. The van der Waals surface area contributed by atoms with Crippen LogP contribution in [0.1, 0.15) is 27.2 Å². The van der Waals surface area contributed by atoms with E-state index in [9.17, 15) is 0 Å². The summed E-state index contributed by atoms with van der Waals surface area (Å²) in [6.07, 6.45) is 4.58. The lowest BCUT2D eigenvalue weighted by atomic mass is 10.1. The molecule has 0 saturated carbocycles. The molecule has 2 N–H and O–H groups in total. The summed E-state index contributed by atoms with van der Waals surface area (Å²) in [4.78, 5) is 8.74. The van der Waals surface area contributed by atoms with E-state index < -0.39 is 0 Å². The first-order chi connectivity index (χ1) is 9.05. The SMILES string of the molecule is CC(C)(C)n1ncc2c(NC3CCNC3)ncnc21. The number of nitrogens with zero attached hydrogens (tertiary/aromatic N) is 4. The maximum Gasteiger partial charge on any atom is 0.163 e. The molecule has 0 aromatic carbocycles. The molecule has 1 saturated heterocycles. The highest BCUT2D eigenvalue weighted by atomic mass is 15.3. The van der Waals surface area contributed by atoms with Crippen molar-refractivity contribution in [2.45, 2.75) is 38.8 Å². The van der Waals surface area contributed by atoms with Crippen LogP contribution in [0.25, 0.3) is 11.0 Å². The van der Waals surface area contributed by atoms with E-state index in [1.165, 1.54) is 0 Å². The normalized spacial score (nSPS) is 20.1. The van der Waals surface area contributed by atoms with E-state index >= 15 is 0 Å². The molecular formula is C13H20N6. The number of rotatable bonds is 2. The minimum absolute atomic E-state index is 0.0811. The molecule has 2 aromatic heterocycles. The van der Waals surface area contributed by atoms with Gasteiger partial charge in [-0.2, -0.15) is 5.10 Å². The topological polar surface area (TPSA) is 67.7 Å². The highest BCUT2D eigenvalue weighted by Gasteiger charge is 2.21. The summed E-state index contributed by atoms with van der Waals surface area (Å²) < 4.78 is 1.95. The van der Waals surface area contributed by atoms with E-state index in [-0.39, 0.29) is 5.54 Å². The van der Waals surface area contributed by atoms with Crippen molar-refractivity contribution in [3.05, 3.63) is 12.5 Å². The average Bonchev–Trinajstić information content (AvgIpc) is 2.96. The molecule has 0 radical (unpaired) electrons. The molecule has 3 rings (SSSR count). The van der Waals surface area contributed by atoms with Gasteiger partial charge in [0.05, 0.1) is 17.1 Å². The van der Waals surface area contributed by atoms with Gasteiger partial charge in [-0.15, -0.1) is 0 Å². The number of aromatic nitrogens is 4. The minimum atomic E-state index is -0.0811. The van der Waals surface area contributed by atoms with Crippen molar-refractivity contribution in [2.24, 2.45) is 0 Å². The number of fused-ring (bicyclic) bond motifs is 1. The van der Waals surface area contributed by atoms with Gasteiger partial charge in [-0.25, -0.2) is 14.6 Å². The summed E-state index contributed by atoms with van der Waals surface area (Å²) in [5, 5.41) is 12.3. The highest BCUT2D eigenvalue weighted by molar-refractivity contribution is 5.86. The van der Waals surface area contributed by atoms with Crippen LogP contribution in [0, 0.1) is 0 Å². The van der Waals surface area contributed by atoms with Gasteiger partial charge in [0, 0.05) is 12.6 Å². The van der Waals surface area contributed by atoms with Gasteiger partial charge in [0.1, 0.15) is 12.1 Å². The zero-order chi connectivity index (χ0) is 13.5. The van der Waals surface area contributed by atoms with Crippen LogP contribution >= 0.6 is 0 Å². The third-order valence-corrected chi connectivity index (χ3v) is 3.40.